The molecule has 2 N–H and O–H groups in total. The Morgan fingerprint density at radius 3 is 2.41 bits per heavy atom. The molecule has 0 spiro atoms. The lowest BCUT2D eigenvalue weighted by atomic mass is 10.1. The smallest absolute Gasteiger partial charge is 0.227 e. The molecule has 0 fully saturated rings. The first kappa shape index (κ1) is 16.1. The summed E-state index contributed by atoms with van der Waals surface area (Å²) >= 11 is 0. The maximum atomic E-state index is 12.7. The molecule has 0 saturated carbocycles. The second kappa shape index (κ2) is 7.64. The molecule has 0 aliphatic heterocycles. The summed E-state index contributed by atoms with van der Waals surface area (Å²) in [4.78, 5) is 14.7. The average molecular weight is 296 g/mol. The van der Waals surface area contributed by atoms with Gasteiger partial charge in [0.05, 0.1) is 6.42 Å². The average Bonchev–Trinajstić information content (AvgIpc) is 2.53. The summed E-state index contributed by atoms with van der Waals surface area (Å²) in [5.41, 5.74) is 8.61. The first-order valence-corrected chi connectivity index (χ1v) is 7.78. The van der Waals surface area contributed by atoms with Gasteiger partial charge in [0.1, 0.15) is 0 Å². The van der Waals surface area contributed by atoms with E-state index in [4.69, 9.17) is 5.73 Å². The van der Waals surface area contributed by atoms with Gasteiger partial charge in [-0.1, -0.05) is 49.4 Å². The highest BCUT2D eigenvalue weighted by molar-refractivity contribution is 5.79. The van der Waals surface area contributed by atoms with Crippen LogP contribution >= 0.6 is 0 Å². The van der Waals surface area contributed by atoms with Crippen molar-refractivity contribution in [3.63, 3.8) is 0 Å². The summed E-state index contributed by atoms with van der Waals surface area (Å²) in [5.74, 6) is 0.142. The highest BCUT2D eigenvalue weighted by Crippen LogP contribution is 2.14. The number of carbonyl (C=O) groups is 1. The third-order valence-electron chi connectivity index (χ3n) is 3.95. The van der Waals surface area contributed by atoms with Crippen LogP contribution in [0.25, 0.3) is 0 Å². The lowest BCUT2D eigenvalue weighted by molar-refractivity contribution is -0.133. The fraction of sp³-hybridized carbons (Fsp3) is 0.316. The van der Waals surface area contributed by atoms with E-state index in [0.717, 1.165) is 17.5 Å². The minimum Gasteiger partial charge on any atom is -0.399 e. The number of benzene rings is 2. The molecular formula is C19H24N2O. The number of rotatable bonds is 6. The van der Waals surface area contributed by atoms with Gasteiger partial charge in [-0.15, -0.1) is 0 Å². The molecule has 116 valence electrons. The lowest BCUT2D eigenvalue weighted by Gasteiger charge is -2.29. The van der Waals surface area contributed by atoms with Crippen molar-refractivity contribution < 1.29 is 4.79 Å². The van der Waals surface area contributed by atoms with Gasteiger partial charge < -0.3 is 10.6 Å². The van der Waals surface area contributed by atoms with Crippen molar-refractivity contribution in [2.75, 3.05) is 5.73 Å². The molecule has 2 aromatic carbocycles. The van der Waals surface area contributed by atoms with E-state index in [0.29, 0.717) is 18.7 Å². The van der Waals surface area contributed by atoms with Gasteiger partial charge in [-0.25, -0.2) is 0 Å². The van der Waals surface area contributed by atoms with Crippen LogP contribution in [0, 0.1) is 0 Å². The molecule has 0 aromatic heterocycles. The van der Waals surface area contributed by atoms with Crippen molar-refractivity contribution in [3.8, 4) is 0 Å². The van der Waals surface area contributed by atoms with Crippen LogP contribution < -0.4 is 5.73 Å². The van der Waals surface area contributed by atoms with Crippen molar-refractivity contribution in [2.24, 2.45) is 0 Å². The molecule has 2 rings (SSSR count). The van der Waals surface area contributed by atoms with E-state index in [1.54, 1.807) is 0 Å². The molecule has 22 heavy (non-hydrogen) atoms. The number of hydrogen-bond donors (Lipinski definition) is 1. The van der Waals surface area contributed by atoms with E-state index < -0.39 is 0 Å². The van der Waals surface area contributed by atoms with E-state index in [-0.39, 0.29) is 11.9 Å². The Labute approximate surface area is 132 Å². The largest absolute Gasteiger partial charge is 0.399 e. The second-order valence-corrected chi connectivity index (χ2v) is 5.69. The molecular weight excluding hydrogens is 272 g/mol. The minimum atomic E-state index is 0.142. The zero-order valence-electron chi connectivity index (χ0n) is 13.3. The van der Waals surface area contributed by atoms with Crippen molar-refractivity contribution >= 4 is 11.6 Å². The zero-order chi connectivity index (χ0) is 15.9. The van der Waals surface area contributed by atoms with Gasteiger partial charge in [-0.05, 0) is 36.6 Å². The Kier molecular flexibility index (Phi) is 5.59. The standard InChI is InChI=1S/C19H24N2O/c1-3-15(2)21(14-16-8-5-4-6-9-16)19(22)13-17-10-7-11-18(20)12-17/h4-12,15H,3,13-14,20H2,1-2H3. The molecule has 0 saturated heterocycles. The van der Waals surface area contributed by atoms with Gasteiger partial charge in [-0.2, -0.15) is 0 Å². The van der Waals surface area contributed by atoms with Crippen LogP contribution in [0.5, 0.6) is 0 Å². The lowest BCUT2D eigenvalue weighted by Crippen LogP contribution is -2.38. The first-order valence-electron chi connectivity index (χ1n) is 7.78. The molecule has 2 aromatic rings. The van der Waals surface area contributed by atoms with Gasteiger partial charge in [0, 0.05) is 18.3 Å². The SMILES string of the molecule is CCC(C)N(Cc1ccccc1)C(=O)Cc1cccc(N)c1. The van der Waals surface area contributed by atoms with Gasteiger partial charge in [0.15, 0.2) is 0 Å². The van der Waals surface area contributed by atoms with E-state index in [1.807, 2.05) is 47.4 Å². The number of carbonyl (C=O) groups excluding carboxylic acids is 1. The van der Waals surface area contributed by atoms with Crippen molar-refractivity contribution in [3.05, 3.63) is 65.7 Å². The van der Waals surface area contributed by atoms with E-state index in [2.05, 4.69) is 26.0 Å². The number of amides is 1. The number of nitrogens with two attached hydrogens (primary N) is 1. The van der Waals surface area contributed by atoms with Crippen molar-refractivity contribution in [2.45, 2.75) is 39.3 Å². The van der Waals surface area contributed by atoms with Crippen LogP contribution in [0.4, 0.5) is 5.69 Å². The summed E-state index contributed by atoms with van der Waals surface area (Å²) in [6.45, 7) is 4.85. The van der Waals surface area contributed by atoms with Crippen molar-refractivity contribution in [1.82, 2.24) is 4.90 Å². The molecule has 0 aliphatic rings. The van der Waals surface area contributed by atoms with Crippen LogP contribution in [-0.2, 0) is 17.8 Å². The Hall–Kier alpha value is -2.29. The van der Waals surface area contributed by atoms with Gasteiger partial charge in [-0.3, -0.25) is 4.79 Å². The summed E-state index contributed by atoms with van der Waals surface area (Å²) in [5, 5.41) is 0. The summed E-state index contributed by atoms with van der Waals surface area (Å²) in [6.07, 6.45) is 1.33. The molecule has 0 bridgehead atoms. The maximum absolute atomic E-state index is 12.7. The number of anilines is 1. The number of nitrogen functional groups attached to an aromatic ring is 1. The summed E-state index contributed by atoms with van der Waals surface area (Å²) in [7, 11) is 0. The maximum Gasteiger partial charge on any atom is 0.227 e. The van der Waals surface area contributed by atoms with Gasteiger partial charge in [0.25, 0.3) is 0 Å². The van der Waals surface area contributed by atoms with Crippen LogP contribution in [0.2, 0.25) is 0 Å². The van der Waals surface area contributed by atoms with Crippen LogP contribution in [0.1, 0.15) is 31.4 Å². The third-order valence-corrected chi connectivity index (χ3v) is 3.95. The van der Waals surface area contributed by atoms with Crippen LogP contribution in [0.3, 0.4) is 0 Å². The van der Waals surface area contributed by atoms with Crippen LogP contribution in [-0.4, -0.2) is 16.8 Å². The van der Waals surface area contributed by atoms with Gasteiger partial charge in [0.2, 0.25) is 5.91 Å². The summed E-state index contributed by atoms with van der Waals surface area (Å²) in [6, 6.07) is 17.9. The topological polar surface area (TPSA) is 46.3 Å². The molecule has 0 heterocycles. The number of hydrogen-bond acceptors (Lipinski definition) is 2. The highest BCUT2D eigenvalue weighted by atomic mass is 16.2. The quantitative estimate of drug-likeness (QED) is 0.827. The molecule has 0 radical (unpaired) electrons. The highest BCUT2D eigenvalue weighted by Gasteiger charge is 2.19. The Balaban J connectivity index is 2.12. The monoisotopic (exact) mass is 296 g/mol. The Morgan fingerprint density at radius 1 is 1.09 bits per heavy atom. The third kappa shape index (κ3) is 4.35. The Bertz CT molecular complexity index is 610. The van der Waals surface area contributed by atoms with E-state index >= 15 is 0 Å². The molecule has 3 nitrogen and oxygen atoms in total. The molecule has 1 amide bonds. The van der Waals surface area contributed by atoms with Crippen molar-refractivity contribution in [1.29, 1.82) is 0 Å². The Morgan fingerprint density at radius 2 is 1.77 bits per heavy atom. The minimum absolute atomic E-state index is 0.142. The summed E-state index contributed by atoms with van der Waals surface area (Å²) < 4.78 is 0. The fourth-order valence-electron chi connectivity index (χ4n) is 2.47. The zero-order valence-corrected chi connectivity index (χ0v) is 13.3. The fourth-order valence-corrected chi connectivity index (χ4v) is 2.47. The number of nitrogens with zero attached hydrogens (tertiary/aromatic N) is 1. The molecule has 1 unspecified atom stereocenters. The van der Waals surface area contributed by atoms with Gasteiger partial charge >= 0.3 is 0 Å². The molecule has 3 heteroatoms. The molecule has 1 atom stereocenters. The predicted octanol–water partition coefficient (Wildman–Crippen LogP) is 3.64. The van der Waals surface area contributed by atoms with E-state index in [1.165, 1.54) is 0 Å². The van der Waals surface area contributed by atoms with E-state index in [9.17, 15) is 4.79 Å². The predicted molar refractivity (Wildman–Crippen MR) is 91.3 cm³/mol. The van der Waals surface area contributed by atoms with Crippen LogP contribution in [0.15, 0.2) is 54.6 Å². The second-order valence-electron chi connectivity index (χ2n) is 5.69. The first-order chi connectivity index (χ1) is 10.6. The normalized spacial score (nSPS) is 11.9. The molecule has 0 aliphatic carbocycles.